The monoisotopic (exact) mass is 1040 g/mol. The van der Waals surface area contributed by atoms with Gasteiger partial charge in [-0.05, 0) is 187 Å². The lowest BCUT2D eigenvalue weighted by Gasteiger charge is -2.31. The zero-order valence-electron chi connectivity index (χ0n) is 46.2. The SMILES string of the molecule is Cc1ccc(-c2ccc(-c3cccc4ccccc34)c3ccccc23)cc1N(c1cc(-c2ccc(-c3cccc4ccccc34)c3ccccc23)ccc1C)c1cc(-c2ccc(-c3cccc4ccccc34)c3ccccc23)ccc1C. The fourth-order valence-corrected chi connectivity index (χ4v) is 13.2. The molecule has 0 amide bonds. The Morgan fingerprint density at radius 1 is 0.183 bits per heavy atom. The van der Waals surface area contributed by atoms with E-state index < -0.39 is 0 Å². The summed E-state index contributed by atoms with van der Waals surface area (Å²) in [5.74, 6) is 0. The molecule has 15 aromatic rings. The van der Waals surface area contributed by atoms with Crippen LogP contribution in [-0.4, -0.2) is 0 Å². The summed E-state index contributed by atoms with van der Waals surface area (Å²) in [6.45, 7) is 6.81. The summed E-state index contributed by atoms with van der Waals surface area (Å²) in [6, 6.07) is 108. The highest BCUT2D eigenvalue weighted by Gasteiger charge is 2.24. The first-order valence-electron chi connectivity index (χ1n) is 28.6. The number of rotatable bonds is 9. The van der Waals surface area contributed by atoms with Gasteiger partial charge in [0, 0.05) is 17.1 Å². The van der Waals surface area contributed by atoms with Gasteiger partial charge >= 0.3 is 0 Å². The minimum Gasteiger partial charge on any atom is -0.310 e. The normalized spacial score (nSPS) is 11.6. The van der Waals surface area contributed by atoms with Gasteiger partial charge in [-0.1, -0.05) is 273 Å². The highest BCUT2D eigenvalue weighted by molar-refractivity contribution is 6.13. The lowest BCUT2D eigenvalue weighted by molar-refractivity contribution is 1.21. The predicted molar refractivity (Wildman–Crippen MR) is 353 cm³/mol. The number of nitrogens with zero attached hydrogens (tertiary/aromatic N) is 1. The number of aryl methyl sites for hydroxylation is 3. The van der Waals surface area contributed by atoms with E-state index in [1.54, 1.807) is 0 Å². The van der Waals surface area contributed by atoms with Crippen molar-refractivity contribution in [2.24, 2.45) is 0 Å². The van der Waals surface area contributed by atoms with Crippen molar-refractivity contribution in [2.75, 3.05) is 4.90 Å². The van der Waals surface area contributed by atoms with Gasteiger partial charge in [-0.15, -0.1) is 0 Å². The maximum Gasteiger partial charge on any atom is 0.0497 e. The molecule has 0 bridgehead atoms. The van der Waals surface area contributed by atoms with E-state index >= 15 is 0 Å². The summed E-state index contributed by atoms with van der Waals surface area (Å²) < 4.78 is 0. The zero-order valence-corrected chi connectivity index (χ0v) is 46.2. The second-order valence-corrected chi connectivity index (χ2v) is 22.0. The molecule has 386 valence electrons. The lowest BCUT2D eigenvalue weighted by Crippen LogP contribution is -2.14. The van der Waals surface area contributed by atoms with Crippen molar-refractivity contribution in [3.8, 4) is 66.8 Å². The Morgan fingerprint density at radius 2 is 0.402 bits per heavy atom. The molecule has 0 aliphatic rings. The van der Waals surface area contributed by atoms with Gasteiger partial charge in [0.25, 0.3) is 0 Å². The molecule has 1 nitrogen and oxygen atoms in total. The molecule has 82 heavy (non-hydrogen) atoms. The first-order valence-corrected chi connectivity index (χ1v) is 28.6. The highest BCUT2D eigenvalue weighted by Crippen LogP contribution is 2.48. The van der Waals surface area contributed by atoms with Crippen molar-refractivity contribution in [1.29, 1.82) is 0 Å². The largest absolute Gasteiger partial charge is 0.310 e. The number of benzene rings is 15. The number of fused-ring (bicyclic) bond motifs is 6. The van der Waals surface area contributed by atoms with E-state index in [0.717, 1.165) is 17.1 Å². The maximum absolute atomic E-state index is 2.56. The molecule has 0 saturated carbocycles. The first-order chi connectivity index (χ1) is 40.4. The van der Waals surface area contributed by atoms with E-state index in [1.165, 1.54) is 148 Å². The van der Waals surface area contributed by atoms with Crippen molar-refractivity contribution >= 4 is 81.7 Å². The molecule has 0 aromatic heterocycles. The molecular formula is C81H57N. The second kappa shape index (κ2) is 20.1. The number of hydrogen-bond acceptors (Lipinski definition) is 1. The maximum atomic E-state index is 2.56. The van der Waals surface area contributed by atoms with Gasteiger partial charge < -0.3 is 4.90 Å². The van der Waals surface area contributed by atoms with E-state index in [-0.39, 0.29) is 0 Å². The van der Waals surface area contributed by atoms with Crippen LogP contribution in [0.2, 0.25) is 0 Å². The molecule has 15 rings (SSSR count). The Bertz CT molecular complexity index is 4520. The summed E-state index contributed by atoms with van der Waals surface area (Å²) in [5.41, 5.74) is 21.5. The minimum atomic E-state index is 1.13. The van der Waals surface area contributed by atoms with Crippen LogP contribution in [0.25, 0.3) is 131 Å². The van der Waals surface area contributed by atoms with E-state index in [4.69, 9.17) is 0 Å². The second-order valence-electron chi connectivity index (χ2n) is 22.0. The van der Waals surface area contributed by atoms with E-state index in [0.29, 0.717) is 0 Å². The Morgan fingerprint density at radius 3 is 0.695 bits per heavy atom. The fraction of sp³-hybridized carbons (Fsp3) is 0.0370. The number of anilines is 3. The predicted octanol–water partition coefficient (Wildman–Crippen LogP) is 23.0. The molecule has 0 unspecified atom stereocenters. The van der Waals surface area contributed by atoms with Gasteiger partial charge in [-0.25, -0.2) is 0 Å². The quantitative estimate of drug-likeness (QED) is 0.139. The van der Waals surface area contributed by atoms with Crippen LogP contribution in [0.15, 0.2) is 291 Å². The van der Waals surface area contributed by atoms with Crippen molar-refractivity contribution in [1.82, 2.24) is 0 Å². The van der Waals surface area contributed by atoms with Crippen molar-refractivity contribution in [3.05, 3.63) is 308 Å². The summed E-state index contributed by atoms with van der Waals surface area (Å²) in [4.78, 5) is 2.56. The summed E-state index contributed by atoms with van der Waals surface area (Å²) >= 11 is 0. The standard InChI is InChI=1S/C81H57N/c1-52-37-40-58(64-43-46-76(73-31-13-10-28-67(64)73)70-34-16-22-55-19-4-7-25-61(55)70)49-79(52)82(80-50-59(41-38-53(80)2)65-44-47-77(74-32-14-11-29-68(65)74)71-35-17-23-56-20-5-8-26-62(56)71)81-51-60(42-39-54(81)3)66-45-48-78(75-33-15-12-30-69(66)75)72-36-18-24-57-21-6-9-27-63(57)72/h4-51H,1-3H3. The van der Waals surface area contributed by atoms with Crippen molar-refractivity contribution in [3.63, 3.8) is 0 Å². The van der Waals surface area contributed by atoms with Gasteiger partial charge in [-0.2, -0.15) is 0 Å². The van der Waals surface area contributed by atoms with Crippen LogP contribution in [0.5, 0.6) is 0 Å². The van der Waals surface area contributed by atoms with Crippen LogP contribution in [0, 0.1) is 20.8 Å². The molecular weight excluding hydrogens is 987 g/mol. The van der Waals surface area contributed by atoms with Crippen LogP contribution in [0.3, 0.4) is 0 Å². The Hall–Kier alpha value is -10.3. The fourth-order valence-electron chi connectivity index (χ4n) is 13.2. The molecule has 0 aliphatic carbocycles. The van der Waals surface area contributed by atoms with Crippen molar-refractivity contribution < 1.29 is 0 Å². The van der Waals surface area contributed by atoms with Gasteiger partial charge in [-0.3, -0.25) is 0 Å². The molecule has 0 radical (unpaired) electrons. The zero-order chi connectivity index (χ0) is 54.8. The Labute approximate surface area is 479 Å². The average molecular weight is 1040 g/mol. The third-order valence-electron chi connectivity index (χ3n) is 17.3. The van der Waals surface area contributed by atoms with E-state index in [1.807, 2.05) is 0 Å². The molecule has 1 heteroatoms. The van der Waals surface area contributed by atoms with Crippen LogP contribution >= 0.6 is 0 Å². The number of hydrogen-bond donors (Lipinski definition) is 0. The van der Waals surface area contributed by atoms with E-state index in [9.17, 15) is 0 Å². The molecule has 0 fully saturated rings. The van der Waals surface area contributed by atoms with Gasteiger partial charge in [0.15, 0.2) is 0 Å². The van der Waals surface area contributed by atoms with Crippen molar-refractivity contribution in [2.45, 2.75) is 20.8 Å². The van der Waals surface area contributed by atoms with Crippen LogP contribution in [0.1, 0.15) is 16.7 Å². The first kappa shape index (κ1) is 48.8. The molecule has 0 N–H and O–H groups in total. The molecule has 0 saturated heterocycles. The topological polar surface area (TPSA) is 3.24 Å². The van der Waals surface area contributed by atoms with E-state index in [2.05, 4.69) is 317 Å². The summed E-state index contributed by atoms with van der Waals surface area (Å²) in [6.07, 6.45) is 0. The molecule has 0 spiro atoms. The Kier molecular flexibility index (Phi) is 11.9. The molecule has 15 aromatic carbocycles. The lowest BCUT2D eigenvalue weighted by atomic mass is 9.89. The summed E-state index contributed by atoms with van der Waals surface area (Å²) in [7, 11) is 0. The third kappa shape index (κ3) is 8.24. The smallest absolute Gasteiger partial charge is 0.0497 e. The van der Waals surface area contributed by atoms with Crippen LogP contribution in [-0.2, 0) is 0 Å². The van der Waals surface area contributed by atoms with Gasteiger partial charge in [0.1, 0.15) is 0 Å². The average Bonchev–Trinajstić information content (AvgIpc) is 3.60. The highest BCUT2D eigenvalue weighted by atomic mass is 15.1. The third-order valence-corrected chi connectivity index (χ3v) is 17.3. The van der Waals surface area contributed by atoms with Crippen LogP contribution < -0.4 is 4.90 Å². The molecule has 0 atom stereocenters. The van der Waals surface area contributed by atoms with Crippen LogP contribution in [0.4, 0.5) is 17.1 Å². The Balaban J connectivity index is 0.929. The molecule has 0 aliphatic heterocycles. The summed E-state index contributed by atoms with van der Waals surface area (Å²) in [5, 5.41) is 14.9. The van der Waals surface area contributed by atoms with Gasteiger partial charge in [0.05, 0.1) is 0 Å². The molecule has 0 heterocycles. The van der Waals surface area contributed by atoms with Gasteiger partial charge in [0.2, 0.25) is 0 Å². The minimum absolute atomic E-state index is 1.13.